The van der Waals surface area contributed by atoms with Crippen LogP contribution in [0.15, 0.2) is 0 Å². The molecule has 0 bridgehead atoms. The van der Waals surface area contributed by atoms with Gasteiger partial charge >= 0.3 is 0 Å². The Hall–Kier alpha value is -1.06. The highest BCUT2D eigenvalue weighted by Crippen LogP contribution is 2.56. The summed E-state index contributed by atoms with van der Waals surface area (Å²) in [6.45, 7) is 0. The Morgan fingerprint density at radius 2 is 0.889 bits per heavy atom. The lowest BCUT2D eigenvalue weighted by Gasteiger charge is -2.55. The Bertz CT molecular complexity index is 302. The molecule has 0 amide bonds. The number of rotatable bonds is 3. The van der Waals surface area contributed by atoms with Crippen LogP contribution in [-0.4, -0.2) is 11.9 Å². The van der Waals surface area contributed by atoms with Crippen molar-refractivity contribution in [3.8, 4) is 0 Å². The minimum atomic E-state index is -1.19. The second-order valence-corrected chi connectivity index (χ2v) is 5.86. The molecule has 0 radical (unpaired) electrons. The Morgan fingerprint density at radius 3 is 1.11 bits per heavy atom. The van der Waals surface area contributed by atoms with Crippen molar-refractivity contribution >= 4 is 11.9 Å². The molecule has 2 aliphatic carbocycles. The van der Waals surface area contributed by atoms with Gasteiger partial charge in [0.1, 0.15) is 0 Å². The van der Waals surface area contributed by atoms with Gasteiger partial charge in [0.05, 0.1) is 0 Å². The zero-order chi connectivity index (χ0) is 13.2. The van der Waals surface area contributed by atoms with Crippen LogP contribution < -0.4 is 10.2 Å². The molecule has 2 aliphatic rings. The minimum Gasteiger partial charge on any atom is -0.550 e. The van der Waals surface area contributed by atoms with Crippen LogP contribution in [0.1, 0.15) is 64.2 Å². The maximum absolute atomic E-state index is 11.7. The van der Waals surface area contributed by atoms with E-state index in [4.69, 9.17) is 0 Å². The molecule has 0 aromatic heterocycles. The third kappa shape index (κ3) is 1.82. The SMILES string of the molecule is O=C([O-])C1(C2(C(=O)[O-])CCCCC2)CCCCC1. The molecule has 0 atom stereocenters. The van der Waals surface area contributed by atoms with Crippen LogP contribution in [0.3, 0.4) is 0 Å². The van der Waals surface area contributed by atoms with Crippen LogP contribution in [0.4, 0.5) is 0 Å². The monoisotopic (exact) mass is 252 g/mol. The van der Waals surface area contributed by atoms with Crippen LogP contribution in [0.25, 0.3) is 0 Å². The van der Waals surface area contributed by atoms with Crippen LogP contribution in [0, 0.1) is 10.8 Å². The van der Waals surface area contributed by atoms with Crippen LogP contribution in [-0.2, 0) is 9.59 Å². The smallest absolute Gasteiger partial charge is 0.0485 e. The lowest BCUT2D eigenvalue weighted by Crippen LogP contribution is -2.61. The molecule has 0 spiro atoms. The van der Waals surface area contributed by atoms with E-state index in [1.807, 2.05) is 0 Å². The molecule has 0 aliphatic heterocycles. The van der Waals surface area contributed by atoms with Crippen molar-refractivity contribution in [1.29, 1.82) is 0 Å². The van der Waals surface area contributed by atoms with Gasteiger partial charge in [0.25, 0.3) is 0 Å². The minimum absolute atomic E-state index is 0.434. The number of aliphatic carboxylic acids is 2. The third-order valence-corrected chi connectivity index (χ3v) is 5.11. The van der Waals surface area contributed by atoms with E-state index < -0.39 is 22.8 Å². The van der Waals surface area contributed by atoms with Crippen LogP contribution in [0.5, 0.6) is 0 Å². The predicted molar refractivity (Wildman–Crippen MR) is 61.1 cm³/mol. The van der Waals surface area contributed by atoms with Crippen molar-refractivity contribution in [2.75, 3.05) is 0 Å². The fraction of sp³-hybridized carbons (Fsp3) is 0.857. The Labute approximate surface area is 107 Å². The largest absolute Gasteiger partial charge is 0.550 e. The third-order valence-electron chi connectivity index (χ3n) is 5.11. The summed E-state index contributed by atoms with van der Waals surface area (Å²) in [6, 6.07) is 0. The quantitative estimate of drug-likeness (QED) is 0.727. The summed E-state index contributed by atoms with van der Waals surface area (Å²) in [7, 11) is 0. The topological polar surface area (TPSA) is 80.3 Å². The first kappa shape index (κ1) is 13.4. The molecule has 2 rings (SSSR count). The van der Waals surface area contributed by atoms with Gasteiger partial charge in [0.15, 0.2) is 0 Å². The van der Waals surface area contributed by atoms with Crippen molar-refractivity contribution in [2.24, 2.45) is 10.8 Å². The molecule has 0 N–H and O–H groups in total. The van der Waals surface area contributed by atoms with Crippen molar-refractivity contribution in [3.05, 3.63) is 0 Å². The molecule has 102 valence electrons. The van der Waals surface area contributed by atoms with Crippen molar-refractivity contribution in [2.45, 2.75) is 64.2 Å². The van der Waals surface area contributed by atoms with Gasteiger partial charge in [-0.1, -0.05) is 38.5 Å². The van der Waals surface area contributed by atoms with E-state index in [1.165, 1.54) is 0 Å². The molecule has 0 unspecified atom stereocenters. The first-order valence-corrected chi connectivity index (χ1v) is 6.98. The predicted octanol–water partition coefficient (Wildman–Crippen LogP) is 0.387. The summed E-state index contributed by atoms with van der Waals surface area (Å²) >= 11 is 0. The van der Waals surface area contributed by atoms with E-state index in [0.29, 0.717) is 25.7 Å². The molecule has 0 heterocycles. The van der Waals surface area contributed by atoms with Gasteiger partial charge in [-0.05, 0) is 25.7 Å². The van der Waals surface area contributed by atoms with Gasteiger partial charge in [-0.15, -0.1) is 0 Å². The Kier molecular flexibility index (Phi) is 3.64. The molecule has 0 aromatic rings. The van der Waals surface area contributed by atoms with Gasteiger partial charge in [-0.3, -0.25) is 0 Å². The highest BCUT2D eigenvalue weighted by atomic mass is 16.4. The molecule has 2 saturated carbocycles. The van der Waals surface area contributed by atoms with E-state index in [0.717, 1.165) is 38.5 Å². The number of hydrogen-bond acceptors (Lipinski definition) is 4. The van der Waals surface area contributed by atoms with Gasteiger partial charge in [-0.25, -0.2) is 0 Å². The lowest BCUT2D eigenvalue weighted by atomic mass is 9.52. The normalized spacial score (nSPS) is 26.4. The first-order chi connectivity index (χ1) is 8.55. The summed E-state index contributed by atoms with van der Waals surface area (Å²) in [5, 5.41) is 23.4. The second kappa shape index (κ2) is 4.90. The average molecular weight is 252 g/mol. The lowest BCUT2D eigenvalue weighted by molar-refractivity contribution is -0.349. The van der Waals surface area contributed by atoms with Gasteiger partial charge < -0.3 is 19.8 Å². The summed E-state index contributed by atoms with van der Waals surface area (Å²) in [6.07, 6.45) is 6.83. The summed E-state index contributed by atoms with van der Waals surface area (Å²) in [5.74, 6) is -2.35. The van der Waals surface area contributed by atoms with E-state index in [-0.39, 0.29) is 0 Å². The Balaban J connectivity index is 2.42. The zero-order valence-electron chi connectivity index (χ0n) is 10.7. The van der Waals surface area contributed by atoms with Crippen molar-refractivity contribution in [3.63, 3.8) is 0 Å². The van der Waals surface area contributed by atoms with E-state index in [1.54, 1.807) is 0 Å². The standard InChI is InChI=1S/C14H22O4/c15-11(16)13(7-3-1-4-8-13)14(12(17)18)9-5-2-6-10-14/h1-10H2,(H,15,16)(H,17,18)/p-2. The van der Waals surface area contributed by atoms with Gasteiger partial charge in [0, 0.05) is 22.8 Å². The molecule has 4 nitrogen and oxygen atoms in total. The summed E-state index contributed by atoms with van der Waals surface area (Å²) in [5.41, 5.74) is -2.38. The maximum atomic E-state index is 11.7. The average Bonchev–Trinajstić information content (AvgIpc) is 2.40. The highest BCUT2D eigenvalue weighted by Gasteiger charge is 2.53. The van der Waals surface area contributed by atoms with Crippen molar-refractivity contribution < 1.29 is 19.8 Å². The number of carboxylic acids is 2. The molecule has 18 heavy (non-hydrogen) atoms. The number of hydrogen-bond donors (Lipinski definition) is 0. The molecule has 0 aromatic carbocycles. The first-order valence-electron chi connectivity index (χ1n) is 6.98. The fourth-order valence-electron chi connectivity index (χ4n) is 4.07. The van der Waals surface area contributed by atoms with Gasteiger partial charge in [-0.2, -0.15) is 0 Å². The fourth-order valence-corrected chi connectivity index (χ4v) is 4.07. The van der Waals surface area contributed by atoms with Crippen LogP contribution in [0.2, 0.25) is 0 Å². The molecule has 4 heteroatoms. The molecule has 0 saturated heterocycles. The molecule has 2 fully saturated rings. The molecular weight excluding hydrogens is 232 g/mol. The van der Waals surface area contributed by atoms with Crippen LogP contribution >= 0.6 is 0 Å². The highest BCUT2D eigenvalue weighted by molar-refractivity contribution is 5.85. The van der Waals surface area contributed by atoms with E-state index in [2.05, 4.69) is 0 Å². The number of carboxylic acid groups (broad SMARTS) is 2. The number of carbonyl (C=O) groups is 2. The summed E-state index contributed by atoms with van der Waals surface area (Å²) in [4.78, 5) is 23.4. The van der Waals surface area contributed by atoms with Gasteiger partial charge in [0.2, 0.25) is 0 Å². The van der Waals surface area contributed by atoms with E-state index in [9.17, 15) is 19.8 Å². The zero-order valence-corrected chi connectivity index (χ0v) is 10.7. The number of carbonyl (C=O) groups excluding carboxylic acids is 2. The summed E-state index contributed by atoms with van der Waals surface area (Å²) < 4.78 is 0. The van der Waals surface area contributed by atoms with E-state index >= 15 is 0 Å². The molecular formula is C14H20O4-2. The van der Waals surface area contributed by atoms with Crippen molar-refractivity contribution in [1.82, 2.24) is 0 Å². The second-order valence-electron chi connectivity index (χ2n) is 5.86. The maximum Gasteiger partial charge on any atom is 0.0485 e. The Morgan fingerprint density at radius 1 is 0.611 bits per heavy atom.